The van der Waals surface area contributed by atoms with Crippen molar-refractivity contribution >= 4 is 44.9 Å². The second-order valence-electron chi connectivity index (χ2n) is 3.74. The smallest absolute Gasteiger partial charge is 0.275 e. The molecule has 6 heteroatoms. The minimum absolute atomic E-state index is 0.191. The van der Waals surface area contributed by atoms with Gasteiger partial charge in [-0.1, -0.05) is 27.5 Å². The molecule has 0 unspecified atom stereocenters. The summed E-state index contributed by atoms with van der Waals surface area (Å²) in [4.78, 5) is 16.2. The topological polar surface area (TPSA) is 54.0 Å². The Hall–Kier alpha value is -1.59. The number of carbonyl (C=O) groups excluding carboxylic acids is 1. The Kier molecular flexibility index (Phi) is 4.39. The number of amides is 1. The predicted octanol–water partition coefficient (Wildman–Crippen LogP) is 3.79. The van der Waals surface area contributed by atoms with Crippen molar-refractivity contribution in [2.75, 3.05) is 17.7 Å². The molecule has 0 aliphatic rings. The van der Waals surface area contributed by atoms with Gasteiger partial charge in [-0.2, -0.15) is 0 Å². The van der Waals surface area contributed by atoms with Crippen molar-refractivity contribution in [1.82, 2.24) is 4.98 Å². The molecule has 0 atom stereocenters. The number of nitrogens with one attached hydrogen (secondary N) is 2. The standard InChI is InChI=1S/C13H11BrClN3O/c1-16-11-7-6-10(15)12(18-11)13(19)17-9-4-2-8(14)3-5-9/h2-7H,1H3,(H,16,18)(H,17,19). The Bertz CT molecular complexity index is 601. The largest absolute Gasteiger partial charge is 0.373 e. The Balaban J connectivity index is 2.22. The molecule has 0 radical (unpaired) electrons. The van der Waals surface area contributed by atoms with E-state index < -0.39 is 0 Å². The summed E-state index contributed by atoms with van der Waals surface area (Å²) in [5.41, 5.74) is 0.873. The first-order valence-electron chi connectivity index (χ1n) is 5.51. The molecule has 1 aromatic carbocycles. The molecule has 2 rings (SSSR count). The number of nitrogens with zero attached hydrogens (tertiary/aromatic N) is 1. The van der Waals surface area contributed by atoms with E-state index in [1.54, 1.807) is 31.3 Å². The molecule has 0 aliphatic carbocycles. The molecule has 1 aromatic heterocycles. The number of pyridine rings is 1. The fourth-order valence-electron chi connectivity index (χ4n) is 1.46. The van der Waals surface area contributed by atoms with Gasteiger partial charge >= 0.3 is 0 Å². The first-order valence-corrected chi connectivity index (χ1v) is 6.68. The average molecular weight is 341 g/mol. The predicted molar refractivity (Wildman–Crippen MR) is 80.9 cm³/mol. The van der Waals surface area contributed by atoms with E-state index >= 15 is 0 Å². The molecule has 98 valence electrons. The highest BCUT2D eigenvalue weighted by Gasteiger charge is 2.13. The molecule has 0 spiro atoms. The van der Waals surface area contributed by atoms with Crippen LogP contribution >= 0.6 is 27.5 Å². The summed E-state index contributed by atoms with van der Waals surface area (Å²) < 4.78 is 0.943. The monoisotopic (exact) mass is 339 g/mol. The van der Waals surface area contributed by atoms with E-state index in [1.165, 1.54) is 0 Å². The van der Waals surface area contributed by atoms with E-state index in [1.807, 2.05) is 12.1 Å². The zero-order chi connectivity index (χ0) is 13.8. The van der Waals surface area contributed by atoms with E-state index in [4.69, 9.17) is 11.6 Å². The lowest BCUT2D eigenvalue weighted by Crippen LogP contribution is -2.15. The van der Waals surface area contributed by atoms with Gasteiger partial charge in [0.25, 0.3) is 5.91 Å². The molecule has 1 heterocycles. The Morgan fingerprint density at radius 2 is 1.89 bits per heavy atom. The van der Waals surface area contributed by atoms with Gasteiger partial charge in [0.1, 0.15) is 11.5 Å². The molecule has 2 aromatic rings. The van der Waals surface area contributed by atoms with Crippen LogP contribution in [0.15, 0.2) is 40.9 Å². The molecule has 0 saturated heterocycles. The van der Waals surface area contributed by atoms with Gasteiger partial charge in [0.2, 0.25) is 0 Å². The van der Waals surface area contributed by atoms with Crippen LogP contribution in [0.4, 0.5) is 11.5 Å². The molecule has 1 amide bonds. The van der Waals surface area contributed by atoms with Crippen LogP contribution in [-0.2, 0) is 0 Å². The second kappa shape index (κ2) is 6.04. The van der Waals surface area contributed by atoms with Crippen LogP contribution in [0.1, 0.15) is 10.5 Å². The molecule has 19 heavy (non-hydrogen) atoms. The van der Waals surface area contributed by atoms with Crippen LogP contribution in [-0.4, -0.2) is 17.9 Å². The number of halogens is 2. The summed E-state index contributed by atoms with van der Waals surface area (Å²) in [7, 11) is 1.73. The molecule has 0 bridgehead atoms. The highest BCUT2D eigenvalue weighted by Crippen LogP contribution is 2.19. The van der Waals surface area contributed by atoms with Gasteiger partial charge in [0.15, 0.2) is 0 Å². The summed E-state index contributed by atoms with van der Waals surface area (Å²) >= 11 is 9.31. The zero-order valence-electron chi connectivity index (χ0n) is 10.1. The van der Waals surface area contributed by atoms with Crippen molar-refractivity contribution in [2.45, 2.75) is 0 Å². The Morgan fingerprint density at radius 1 is 1.21 bits per heavy atom. The minimum Gasteiger partial charge on any atom is -0.373 e. The van der Waals surface area contributed by atoms with Gasteiger partial charge in [0, 0.05) is 17.2 Å². The maximum atomic E-state index is 12.1. The third kappa shape index (κ3) is 3.45. The number of hydrogen-bond donors (Lipinski definition) is 2. The number of anilines is 2. The maximum absolute atomic E-state index is 12.1. The number of benzene rings is 1. The Morgan fingerprint density at radius 3 is 2.53 bits per heavy atom. The lowest BCUT2D eigenvalue weighted by Gasteiger charge is -2.08. The van der Waals surface area contributed by atoms with Crippen molar-refractivity contribution in [3.8, 4) is 0 Å². The summed E-state index contributed by atoms with van der Waals surface area (Å²) in [5.74, 6) is 0.245. The Labute approximate surface area is 124 Å². The molecule has 0 fully saturated rings. The summed E-state index contributed by atoms with van der Waals surface area (Å²) in [5, 5.41) is 5.92. The third-order valence-corrected chi connectivity index (χ3v) is 3.25. The van der Waals surface area contributed by atoms with Gasteiger partial charge in [-0.05, 0) is 36.4 Å². The minimum atomic E-state index is -0.343. The second-order valence-corrected chi connectivity index (χ2v) is 5.06. The van der Waals surface area contributed by atoms with E-state index in [0.717, 1.165) is 4.47 Å². The zero-order valence-corrected chi connectivity index (χ0v) is 12.4. The normalized spacial score (nSPS) is 10.1. The van der Waals surface area contributed by atoms with E-state index in [2.05, 4.69) is 31.5 Å². The first kappa shape index (κ1) is 13.8. The van der Waals surface area contributed by atoms with Gasteiger partial charge in [0.05, 0.1) is 5.02 Å². The van der Waals surface area contributed by atoms with Crippen LogP contribution in [0.3, 0.4) is 0 Å². The number of carbonyl (C=O) groups is 1. The number of aromatic nitrogens is 1. The molecular formula is C13H11BrClN3O. The SMILES string of the molecule is CNc1ccc(Cl)c(C(=O)Nc2ccc(Br)cc2)n1. The van der Waals surface area contributed by atoms with Crippen LogP contribution in [0.25, 0.3) is 0 Å². The number of rotatable bonds is 3. The molecule has 4 nitrogen and oxygen atoms in total. The third-order valence-electron chi connectivity index (χ3n) is 2.42. The fourth-order valence-corrected chi connectivity index (χ4v) is 1.92. The first-order chi connectivity index (χ1) is 9.10. The highest BCUT2D eigenvalue weighted by atomic mass is 79.9. The van der Waals surface area contributed by atoms with Gasteiger partial charge < -0.3 is 10.6 Å². The lowest BCUT2D eigenvalue weighted by molar-refractivity contribution is 0.102. The van der Waals surface area contributed by atoms with Crippen LogP contribution in [0, 0.1) is 0 Å². The number of hydrogen-bond acceptors (Lipinski definition) is 3. The summed E-state index contributed by atoms with van der Waals surface area (Å²) in [6.07, 6.45) is 0. The van der Waals surface area contributed by atoms with Crippen molar-refractivity contribution in [1.29, 1.82) is 0 Å². The van der Waals surface area contributed by atoms with Crippen LogP contribution in [0.5, 0.6) is 0 Å². The van der Waals surface area contributed by atoms with E-state index in [9.17, 15) is 4.79 Å². The molecule has 0 saturated carbocycles. The van der Waals surface area contributed by atoms with Gasteiger partial charge in [-0.25, -0.2) is 4.98 Å². The van der Waals surface area contributed by atoms with Crippen molar-refractivity contribution < 1.29 is 4.79 Å². The molecule has 0 aliphatic heterocycles. The van der Waals surface area contributed by atoms with Gasteiger partial charge in [-0.15, -0.1) is 0 Å². The summed E-state index contributed by atoms with van der Waals surface area (Å²) in [6, 6.07) is 10.6. The highest BCUT2D eigenvalue weighted by molar-refractivity contribution is 9.10. The maximum Gasteiger partial charge on any atom is 0.275 e. The van der Waals surface area contributed by atoms with Gasteiger partial charge in [-0.3, -0.25) is 4.79 Å². The quantitative estimate of drug-likeness (QED) is 0.894. The molecular weight excluding hydrogens is 330 g/mol. The van der Waals surface area contributed by atoms with Crippen LogP contribution in [0.2, 0.25) is 5.02 Å². The average Bonchev–Trinajstić information content (AvgIpc) is 2.42. The lowest BCUT2D eigenvalue weighted by atomic mass is 10.3. The van der Waals surface area contributed by atoms with Crippen molar-refractivity contribution in [3.63, 3.8) is 0 Å². The summed E-state index contributed by atoms with van der Waals surface area (Å²) in [6.45, 7) is 0. The van der Waals surface area contributed by atoms with Crippen LogP contribution < -0.4 is 10.6 Å². The fraction of sp³-hybridized carbons (Fsp3) is 0.0769. The van der Waals surface area contributed by atoms with Crippen molar-refractivity contribution in [3.05, 3.63) is 51.6 Å². The van der Waals surface area contributed by atoms with E-state index in [0.29, 0.717) is 16.5 Å². The van der Waals surface area contributed by atoms with E-state index in [-0.39, 0.29) is 11.6 Å². The van der Waals surface area contributed by atoms with Crippen molar-refractivity contribution in [2.24, 2.45) is 0 Å². The molecule has 2 N–H and O–H groups in total.